The first kappa shape index (κ1) is 14.4. The largest absolute Gasteiger partial charge is 0.372 e. The fourth-order valence-corrected chi connectivity index (χ4v) is 3.14. The van der Waals surface area contributed by atoms with Gasteiger partial charge in [-0.1, -0.05) is 38.0 Å². The first-order chi connectivity index (χ1) is 9.19. The zero-order valence-electron chi connectivity index (χ0n) is 12.6. The van der Waals surface area contributed by atoms with Crippen LogP contribution in [0.1, 0.15) is 45.1 Å². The average molecular weight is 260 g/mol. The molecule has 2 heteroatoms. The molecule has 0 amide bonds. The smallest absolute Gasteiger partial charge is 0.0655 e. The van der Waals surface area contributed by atoms with Crippen molar-refractivity contribution in [1.82, 2.24) is 5.32 Å². The van der Waals surface area contributed by atoms with Crippen molar-refractivity contribution in [3.63, 3.8) is 0 Å². The standard InChI is InChI=1S/C17H28N2/c1-4-15-7-10-17(14(3)11-15)19-12-18-16-8-5-13(2)6-9-16/h5-6,8-9,14-15,17-19H,4,7,10-12H2,1-3H3. The molecule has 1 fully saturated rings. The summed E-state index contributed by atoms with van der Waals surface area (Å²) < 4.78 is 0. The SMILES string of the molecule is CCC1CCC(NCNc2ccc(C)cc2)C(C)C1. The highest BCUT2D eigenvalue weighted by Gasteiger charge is 2.25. The van der Waals surface area contributed by atoms with E-state index in [0.717, 1.165) is 18.5 Å². The Morgan fingerprint density at radius 3 is 2.53 bits per heavy atom. The Balaban J connectivity index is 1.72. The lowest BCUT2D eigenvalue weighted by Gasteiger charge is -2.34. The molecule has 106 valence electrons. The molecule has 0 aliphatic heterocycles. The normalized spacial score (nSPS) is 27.2. The summed E-state index contributed by atoms with van der Waals surface area (Å²) in [7, 11) is 0. The number of hydrogen-bond acceptors (Lipinski definition) is 2. The molecular weight excluding hydrogens is 232 g/mol. The summed E-state index contributed by atoms with van der Waals surface area (Å²) in [6, 6.07) is 9.28. The lowest BCUT2D eigenvalue weighted by molar-refractivity contribution is 0.216. The van der Waals surface area contributed by atoms with Gasteiger partial charge in [0.2, 0.25) is 0 Å². The van der Waals surface area contributed by atoms with Crippen LogP contribution in [0.3, 0.4) is 0 Å². The van der Waals surface area contributed by atoms with Gasteiger partial charge in [-0.2, -0.15) is 0 Å². The van der Waals surface area contributed by atoms with E-state index in [4.69, 9.17) is 0 Å². The van der Waals surface area contributed by atoms with Crippen LogP contribution in [-0.4, -0.2) is 12.7 Å². The van der Waals surface area contributed by atoms with Crippen LogP contribution in [0.25, 0.3) is 0 Å². The van der Waals surface area contributed by atoms with Gasteiger partial charge in [-0.3, -0.25) is 5.32 Å². The van der Waals surface area contributed by atoms with E-state index < -0.39 is 0 Å². The number of anilines is 1. The average Bonchev–Trinajstić information content (AvgIpc) is 2.42. The molecule has 1 aromatic carbocycles. The summed E-state index contributed by atoms with van der Waals surface area (Å²) in [6.45, 7) is 7.71. The predicted octanol–water partition coefficient (Wildman–Crippen LogP) is 4.17. The molecule has 0 radical (unpaired) electrons. The van der Waals surface area contributed by atoms with Crippen molar-refractivity contribution in [2.24, 2.45) is 11.8 Å². The van der Waals surface area contributed by atoms with E-state index in [1.165, 1.54) is 36.9 Å². The second-order valence-electron chi connectivity index (χ2n) is 6.09. The number of nitrogens with one attached hydrogen (secondary N) is 2. The second-order valence-corrected chi connectivity index (χ2v) is 6.09. The van der Waals surface area contributed by atoms with Crippen molar-refractivity contribution in [2.75, 3.05) is 12.0 Å². The van der Waals surface area contributed by atoms with Gasteiger partial charge in [-0.05, 0) is 50.2 Å². The van der Waals surface area contributed by atoms with Gasteiger partial charge in [-0.15, -0.1) is 0 Å². The monoisotopic (exact) mass is 260 g/mol. The van der Waals surface area contributed by atoms with Crippen LogP contribution >= 0.6 is 0 Å². The second kappa shape index (κ2) is 6.95. The lowest BCUT2D eigenvalue weighted by atomic mass is 9.78. The van der Waals surface area contributed by atoms with E-state index in [2.05, 4.69) is 55.7 Å². The molecule has 1 aliphatic rings. The van der Waals surface area contributed by atoms with Crippen LogP contribution in [0.4, 0.5) is 5.69 Å². The van der Waals surface area contributed by atoms with Crippen LogP contribution in [0.2, 0.25) is 0 Å². The van der Waals surface area contributed by atoms with Crippen LogP contribution in [0, 0.1) is 18.8 Å². The third-order valence-electron chi connectivity index (χ3n) is 4.56. The molecule has 3 unspecified atom stereocenters. The predicted molar refractivity (Wildman–Crippen MR) is 83.4 cm³/mol. The molecule has 0 bridgehead atoms. The molecule has 2 N–H and O–H groups in total. The number of hydrogen-bond donors (Lipinski definition) is 2. The Labute approximate surface area is 118 Å². The van der Waals surface area contributed by atoms with Gasteiger partial charge in [0.15, 0.2) is 0 Å². The molecule has 0 saturated heterocycles. The molecule has 0 spiro atoms. The zero-order chi connectivity index (χ0) is 13.7. The van der Waals surface area contributed by atoms with Crippen molar-refractivity contribution < 1.29 is 0 Å². The van der Waals surface area contributed by atoms with Gasteiger partial charge in [0.05, 0.1) is 6.67 Å². The van der Waals surface area contributed by atoms with Crippen molar-refractivity contribution in [2.45, 2.75) is 52.5 Å². The molecule has 1 aromatic rings. The lowest BCUT2D eigenvalue weighted by Crippen LogP contribution is -2.41. The van der Waals surface area contributed by atoms with Crippen molar-refractivity contribution in [1.29, 1.82) is 0 Å². The third-order valence-corrected chi connectivity index (χ3v) is 4.56. The Morgan fingerprint density at radius 2 is 1.89 bits per heavy atom. The van der Waals surface area contributed by atoms with Gasteiger partial charge < -0.3 is 5.32 Å². The Bertz CT molecular complexity index is 371. The summed E-state index contributed by atoms with van der Waals surface area (Å²) >= 11 is 0. The van der Waals surface area contributed by atoms with Gasteiger partial charge in [-0.25, -0.2) is 0 Å². The fourth-order valence-electron chi connectivity index (χ4n) is 3.14. The molecule has 0 aromatic heterocycles. The summed E-state index contributed by atoms with van der Waals surface area (Å²) in [6.07, 6.45) is 5.45. The van der Waals surface area contributed by atoms with Crippen LogP contribution < -0.4 is 10.6 Å². The Hall–Kier alpha value is -1.02. The summed E-state index contributed by atoms with van der Waals surface area (Å²) in [4.78, 5) is 0. The van der Waals surface area contributed by atoms with E-state index in [0.29, 0.717) is 6.04 Å². The van der Waals surface area contributed by atoms with Crippen LogP contribution in [0.15, 0.2) is 24.3 Å². The Kier molecular flexibility index (Phi) is 5.26. The minimum atomic E-state index is 0.681. The maximum Gasteiger partial charge on any atom is 0.0655 e. The van der Waals surface area contributed by atoms with E-state index in [1.54, 1.807) is 0 Å². The van der Waals surface area contributed by atoms with Gasteiger partial charge in [0.1, 0.15) is 0 Å². The first-order valence-electron chi connectivity index (χ1n) is 7.73. The molecule has 3 atom stereocenters. The molecule has 0 heterocycles. The van der Waals surface area contributed by atoms with Crippen molar-refractivity contribution in [3.05, 3.63) is 29.8 Å². The van der Waals surface area contributed by atoms with E-state index >= 15 is 0 Å². The highest BCUT2D eigenvalue weighted by molar-refractivity contribution is 5.44. The van der Waals surface area contributed by atoms with Gasteiger partial charge >= 0.3 is 0 Å². The quantitative estimate of drug-likeness (QED) is 0.776. The maximum absolute atomic E-state index is 3.67. The highest BCUT2D eigenvalue weighted by Crippen LogP contribution is 2.30. The maximum atomic E-state index is 3.67. The molecule has 2 rings (SSSR count). The van der Waals surface area contributed by atoms with Crippen molar-refractivity contribution >= 4 is 5.69 Å². The third kappa shape index (κ3) is 4.24. The van der Waals surface area contributed by atoms with E-state index in [9.17, 15) is 0 Å². The number of rotatable bonds is 5. The fraction of sp³-hybridized carbons (Fsp3) is 0.647. The molecule has 1 aliphatic carbocycles. The summed E-state index contributed by atoms with van der Waals surface area (Å²) in [5.74, 6) is 1.76. The molecule has 19 heavy (non-hydrogen) atoms. The number of benzene rings is 1. The molecule has 2 nitrogen and oxygen atoms in total. The zero-order valence-corrected chi connectivity index (χ0v) is 12.6. The Morgan fingerprint density at radius 1 is 1.16 bits per heavy atom. The van der Waals surface area contributed by atoms with E-state index in [1.807, 2.05) is 0 Å². The minimum absolute atomic E-state index is 0.681. The topological polar surface area (TPSA) is 24.1 Å². The molecule has 1 saturated carbocycles. The summed E-state index contributed by atoms with van der Waals surface area (Å²) in [5, 5.41) is 7.12. The van der Waals surface area contributed by atoms with Gasteiger partial charge in [0.25, 0.3) is 0 Å². The van der Waals surface area contributed by atoms with E-state index in [-0.39, 0.29) is 0 Å². The number of aryl methyl sites for hydroxylation is 1. The van der Waals surface area contributed by atoms with Crippen LogP contribution in [-0.2, 0) is 0 Å². The van der Waals surface area contributed by atoms with Gasteiger partial charge in [0, 0.05) is 11.7 Å². The molecular formula is C17H28N2. The van der Waals surface area contributed by atoms with Crippen molar-refractivity contribution in [3.8, 4) is 0 Å². The minimum Gasteiger partial charge on any atom is -0.372 e. The highest BCUT2D eigenvalue weighted by atomic mass is 15.1. The first-order valence-corrected chi connectivity index (χ1v) is 7.73. The van der Waals surface area contributed by atoms with Crippen LogP contribution in [0.5, 0.6) is 0 Å². The summed E-state index contributed by atoms with van der Waals surface area (Å²) in [5.41, 5.74) is 2.51.